The molecule has 0 saturated heterocycles. The average Bonchev–Trinajstić information content (AvgIpc) is 2.55. The molecule has 0 atom stereocenters. The number of nitrogens with two attached hydrogens (primary N) is 2. The number of nitrogens with zero attached hydrogens (tertiary/aromatic N) is 2. The second-order valence-corrected chi connectivity index (χ2v) is 4.22. The largest absolute Gasteiger partial charge is 0.416 e. The number of halogens is 3. The predicted octanol–water partition coefficient (Wildman–Crippen LogP) is 2.22. The first-order chi connectivity index (χ1) is 7.86. The monoisotopic (exact) mass is 260 g/mol. The quantitative estimate of drug-likeness (QED) is 0.609. The lowest BCUT2D eigenvalue weighted by molar-refractivity contribution is -0.137. The number of aromatic nitrogens is 1. The zero-order valence-corrected chi connectivity index (χ0v) is 9.14. The SMILES string of the molecule is NC(N)=Nc1nc2cc(C(F)(F)F)ccc2s1. The van der Waals surface area contributed by atoms with Gasteiger partial charge in [0.15, 0.2) is 5.96 Å². The minimum absolute atomic E-state index is 0.180. The predicted molar refractivity (Wildman–Crippen MR) is 60.1 cm³/mol. The van der Waals surface area contributed by atoms with Gasteiger partial charge in [-0.15, -0.1) is 0 Å². The van der Waals surface area contributed by atoms with Crippen LogP contribution < -0.4 is 11.5 Å². The standard InChI is InChI=1S/C9H7F3N4S/c10-9(11,12)4-1-2-6-5(3-4)15-8(17-6)16-7(13)14/h1-3H,(H4,13,14,15,16). The van der Waals surface area contributed by atoms with Gasteiger partial charge in [0, 0.05) is 0 Å². The van der Waals surface area contributed by atoms with Gasteiger partial charge in [0.2, 0.25) is 5.13 Å². The fourth-order valence-corrected chi connectivity index (χ4v) is 2.09. The summed E-state index contributed by atoms with van der Waals surface area (Å²) in [6.45, 7) is 0. The van der Waals surface area contributed by atoms with E-state index in [4.69, 9.17) is 11.5 Å². The van der Waals surface area contributed by atoms with Crippen molar-refractivity contribution >= 4 is 32.6 Å². The highest BCUT2D eigenvalue weighted by molar-refractivity contribution is 7.22. The van der Waals surface area contributed by atoms with Gasteiger partial charge in [0.05, 0.1) is 15.8 Å². The molecule has 8 heteroatoms. The molecule has 90 valence electrons. The van der Waals surface area contributed by atoms with Gasteiger partial charge in [0.25, 0.3) is 0 Å². The number of aliphatic imine (C=N–C) groups is 1. The Bertz CT molecular complexity index is 583. The summed E-state index contributed by atoms with van der Waals surface area (Å²) in [7, 11) is 0. The first kappa shape index (κ1) is 11.6. The van der Waals surface area contributed by atoms with E-state index in [-0.39, 0.29) is 16.6 Å². The van der Waals surface area contributed by atoms with Crippen LogP contribution in [-0.4, -0.2) is 10.9 Å². The van der Waals surface area contributed by atoms with Crippen LogP contribution in [0.2, 0.25) is 0 Å². The van der Waals surface area contributed by atoms with Crippen LogP contribution >= 0.6 is 11.3 Å². The molecule has 0 aliphatic heterocycles. The van der Waals surface area contributed by atoms with Crippen molar-refractivity contribution < 1.29 is 13.2 Å². The van der Waals surface area contributed by atoms with Gasteiger partial charge < -0.3 is 11.5 Å². The molecule has 0 aliphatic carbocycles. The third-order valence-corrected chi connectivity index (χ3v) is 2.86. The van der Waals surface area contributed by atoms with E-state index in [2.05, 4.69) is 9.98 Å². The number of hydrogen-bond donors (Lipinski definition) is 2. The number of hydrogen-bond acceptors (Lipinski definition) is 3. The molecule has 0 spiro atoms. The van der Waals surface area contributed by atoms with Gasteiger partial charge in [-0.05, 0) is 18.2 Å². The second-order valence-electron chi connectivity index (χ2n) is 3.21. The second kappa shape index (κ2) is 3.88. The van der Waals surface area contributed by atoms with Crippen LogP contribution in [0.3, 0.4) is 0 Å². The van der Waals surface area contributed by atoms with Crippen LogP contribution in [0.4, 0.5) is 18.3 Å². The normalized spacial score (nSPS) is 11.7. The van der Waals surface area contributed by atoms with Crippen LogP contribution in [-0.2, 0) is 6.18 Å². The Balaban J connectivity index is 2.52. The third-order valence-electron chi connectivity index (χ3n) is 1.93. The summed E-state index contributed by atoms with van der Waals surface area (Å²) >= 11 is 1.12. The summed E-state index contributed by atoms with van der Waals surface area (Å²) in [6.07, 6.45) is -4.38. The van der Waals surface area contributed by atoms with Crippen LogP contribution in [0.15, 0.2) is 23.2 Å². The van der Waals surface area contributed by atoms with Crippen LogP contribution in [0.5, 0.6) is 0 Å². The van der Waals surface area contributed by atoms with Crippen molar-refractivity contribution in [3.8, 4) is 0 Å². The molecule has 0 aliphatic rings. The van der Waals surface area contributed by atoms with E-state index < -0.39 is 11.7 Å². The summed E-state index contributed by atoms with van der Waals surface area (Å²) in [6, 6.07) is 3.32. The fraction of sp³-hybridized carbons (Fsp3) is 0.111. The molecule has 0 saturated carbocycles. The average molecular weight is 260 g/mol. The Morgan fingerprint density at radius 1 is 1.29 bits per heavy atom. The Hall–Kier alpha value is -1.83. The number of fused-ring (bicyclic) bond motifs is 1. The molecule has 4 N–H and O–H groups in total. The highest BCUT2D eigenvalue weighted by Crippen LogP contribution is 2.34. The molecule has 17 heavy (non-hydrogen) atoms. The molecular weight excluding hydrogens is 253 g/mol. The Morgan fingerprint density at radius 3 is 2.59 bits per heavy atom. The summed E-state index contributed by atoms with van der Waals surface area (Å²) in [5, 5.41) is 0.235. The molecule has 4 nitrogen and oxygen atoms in total. The van der Waals surface area contributed by atoms with Crippen LogP contribution in [0.25, 0.3) is 10.2 Å². The van der Waals surface area contributed by atoms with E-state index in [1.54, 1.807) is 0 Å². The summed E-state index contributed by atoms with van der Waals surface area (Å²) < 4.78 is 37.9. The van der Waals surface area contributed by atoms with Gasteiger partial charge in [-0.1, -0.05) is 11.3 Å². The topological polar surface area (TPSA) is 77.3 Å². The van der Waals surface area contributed by atoms with E-state index in [1.165, 1.54) is 6.07 Å². The van der Waals surface area contributed by atoms with E-state index in [0.717, 1.165) is 23.5 Å². The van der Waals surface area contributed by atoms with Gasteiger partial charge in [-0.2, -0.15) is 18.2 Å². The molecular formula is C9H7F3N4S. The molecule has 1 aromatic carbocycles. The van der Waals surface area contributed by atoms with Crippen molar-refractivity contribution in [2.24, 2.45) is 16.5 Å². The Labute approximate surface area is 97.8 Å². The molecule has 0 radical (unpaired) electrons. The minimum atomic E-state index is -4.38. The zero-order valence-electron chi connectivity index (χ0n) is 8.32. The number of benzene rings is 1. The Morgan fingerprint density at radius 2 is 2.00 bits per heavy atom. The molecule has 1 heterocycles. The molecule has 0 unspecified atom stereocenters. The van der Waals surface area contributed by atoms with Crippen molar-refractivity contribution in [2.75, 3.05) is 0 Å². The molecule has 2 rings (SSSR count). The highest BCUT2D eigenvalue weighted by Gasteiger charge is 2.30. The van der Waals surface area contributed by atoms with Gasteiger partial charge >= 0.3 is 6.18 Å². The Kier molecular flexibility index (Phi) is 2.66. The maximum Gasteiger partial charge on any atom is 0.416 e. The van der Waals surface area contributed by atoms with Crippen LogP contribution in [0.1, 0.15) is 5.56 Å². The summed E-state index contributed by atoms with van der Waals surface area (Å²) in [5.74, 6) is -0.180. The maximum atomic E-state index is 12.4. The van der Waals surface area contributed by atoms with Crippen LogP contribution in [0, 0.1) is 0 Å². The lowest BCUT2D eigenvalue weighted by Crippen LogP contribution is -2.21. The lowest BCUT2D eigenvalue weighted by Gasteiger charge is -2.04. The van der Waals surface area contributed by atoms with E-state index >= 15 is 0 Å². The number of alkyl halides is 3. The van der Waals surface area contributed by atoms with E-state index in [1.807, 2.05) is 0 Å². The fourth-order valence-electron chi connectivity index (χ4n) is 1.25. The van der Waals surface area contributed by atoms with Gasteiger partial charge in [-0.3, -0.25) is 0 Å². The molecule has 1 aromatic heterocycles. The number of guanidine groups is 1. The first-order valence-electron chi connectivity index (χ1n) is 4.44. The van der Waals surface area contributed by atoms with Crippen molar-refractivity contribution in [3.05, 3.63) is 23.8 Å². The lowest BCUT2D eigenvalue weighted by atomic mass is 10.2. The molecule has 0 fully saturated rings. The smallest absolute Gasteiger partial charge is 0.370 e. The number of rotatable bonds is 1. The van der Waals surface area contributed by atoms with Gasteiger partial charge in [-0.25, -0.2) is 4.98 Å². The summed E-state index contributed by atoms with van der Waals surface area (Å²) in [5.41, 5.74) is 9.80. The van der Waals surface area contributed by atoms with E-state index in [9.17, 15) is 13.2 Å². The summed E-state index contributed by atoms with van der Waals surface area (Å²) in [4.78, 5) is 7.58. The minimum Gasteiger partial charge on any atom is -0.370 e. The van der Waals surface area contributed by atoms with Crippen molar-refractivity contribution in [1.29, 1.82) is 0 Å². The molecule has 0 amide bonds. The van der Waals surface area contributed by atoms with Gasteiger partial charge in [0.1, 0.15) is 0 Å². The molecule has 2 aromatic rings. The maximum absolute atomic E-state index is 12.4. The van der Waals surface area contributed by atoms with Crippen molar-refractivity contribution in [1.82, 2.24) is 4.98 Å². The van der Waals surface area contributed by atoms with Crippen molar-refractivity contribution in [3.63, 3.8) is 0 Å². The number of thiazole rings is 1. The zero-order chi connectivity index (χ0) is 12.6. The first-order valence-corrected chi connectivity index (χ1v) is 5.25. The highest BCUT2D eigenvalue weighted by atomic mass is 32.1. The van der Waals surface area contributed by atoms with Crippen molar-refractivity contribution in [2.45, 2.75) is 6.18 Å². The third kappa shape index (κ3) is 2.47. The van der Waals surface area contributed by atoms with E-state index in [0.29, 0.717) is 4.70 Å². The molecule has 0 bridgehead atoms.